The lowest BCUT2D eigenvalue weighted by molar-refractivity contribution is -0.140. The second-order valence-corrected chi connectivity index (χ2v) is 5.12. The highest BCUT2D eigenvalue weighted by molar-refractivity contribution is 6.31. The highest BCUT2D eigenvalue weighted by Crippen LogP contribution is 2.23. The Morgan fingerprint density at radius 2 is 2.11 bits per heavy atom. The Bertz CT molecular complexity index is 450. The van der Waals surface area contributed by atoms with Crippen molar-refractivity contribution in [2.75, 3.05) is 0 Å². The number of hydrogen-bond acceptors (Lipinski definition) is 3. The Morgan fingerprint density at radius 3 is 2.58 bits per heavy atom. The van der Waals surface area contributed by atoms with Crippen LogP contribution in [-0.4, -0.2) is 28.3 Å². The van der Waals surface area contributed by atoms with Crippen molar-refractivity contribution in [1.29, 1.82) is 0 Å². The first kappa shape index (κ1) is 16.0. The number of hydrogen-bond donors (Lipinski definition) is 3. The van der Waals surface area contributed by atoms with Crippen molar-refractivity contribution in [2.24, 2.45) is 0 Å². The zero-order chi connectivity index (χ0) is 14.6. The van der Waals surface area contributed by atoms with E-state index in [4.69, 9.17) is 16.7 Å². The lowest BCUT2D eigenvalue weighted by Crippen LogP contribution is -2.44. The number of aliphatic hydroxyl groups is 1. The van der Waals surface area contributed by atoms with Gasteiger partial charge in [0.25, 0.3) is 0 Å². The van der Waals surface area contributed by atoms with Crippen LogP contribution in [0.5, 0.6) is 0 Å². The molecule has 0 amide bonds. The van der Waals surface area contributed by atoms with E-state index >= 15 is 0 Å². The predicted molar refractivity (Wildman–Crippen MR) is 75.5 cm³/mol. The molecule has 0 aliphatic heterocycles. The summed E-state index contributed by atoms with van der Waals surface area (Å²) < 4.78 is 0. The Labute approximate surface area is 118 Å². The van der Waals surface area contributed by atoms with Gasteiger partial charge in [-0.3, -0.25) is 10.1 Å². The Hall–Kier alpha value is -1.10. The standard InChI is InChI=1S/C14H20ClNO3/c1-4-12(14(18)19)16-9(3)13(17)10-5-6-11(15)8(2)7-10/h5-7,9,12-13,16-17H,4H2,1-3H3,(H,18,19). The summed E-state index contributed by atoms with van der Waals surface area (Å²) in [6.45, 7) is 5.42. The Morgan fingerprint density at radius 1 is 1.47 bits per heavy atom. The van der Waals surface area contributed by atoms with Gasteiger partial charge >= 0.3 is 5.97 Å². The zero-order valence-corrected chi connectivity index (χ0v) is 12.1. The van der Waals surface area contributed by atoms with Gasteiger partial charge in [0.15, 0.2) is 0 Å². The van der Waals surface area contributed by atoms with Crippen LogP contribution in [0.4, 0.5) is 0 Å². The minimum Gasteiger partial charge on any atom is -0.480 e. The topological polar surface area (TPSA) is 69.6 Å². The van der Waals surface area contributed by atoms with Crippen LogP contribution in [0.3, 0.4) is 0 Å². The highest BCUT2D eigenvalue weighted by atomic mass is 35.5. The fourth-order valence-electron chi connectivity index (χ4n) is 1.91. The van der Waals surface area contributed by atoms with Crippen LogP contribution in [0.2, 0.25) is 5.02 Å². The summed E-state index contributed by atoms with van der Waals surface area (Å²) in [7, 11) is 0. The van der Waals surface area contributed by atoms with Gasteiger partial charge in [-0.1, -0.05) is 30.7 Å². The van der Waals surface area contributed by atoms with Crippen molar-refractivity contribution in [2.45, 2.75) is 45.4 Å². The molecule has 4 nitrogen and oxygen atoms in total. The number of carbonyl (C=O) groups is 1. The van der Waals surface area contributed by atoms with Crippen molar-refractivity contribution in [3.05, 3.63) is 34.3 Å². The summed E-state index contributed by atoms with van der Waals surface area (Å²) in [5.41, 5.74) is 1.61. The number of benzene rings is 1. The molecule has 0 spiro atoms. The van der Waals surface area contributed by atoms with Crippen LogP contribution >= 0.6 is 11.6 Å². The second kappa shape index (κ2) is 6.89. The summed E-state index contributed by atoms with van der Waals surface area (Å²) in [4.78, 5) is 11.0. The maximum absolute atomic E-state index is 11.0. The number of halogens is 1. The van der Waals surface area contributed by atoms with Gasteiger partial charge in [0.05, 0.1) is 6.10 Å². The maximum Gasteiger partial charge on any atom is 0.320 e. The molecule has 0 saturated heterocycles. The molecule has 3 N–H and O–H groups in total. The van der Waals surface area contributed by atoms with Gasteiger partial charge in [-0.2, -0.15) is 0 Å². The van der Waals surface area contributed by atoms with Crippen molar-refractivity contribution in [3.63, 3.8) is 0 Å². The fourth-order valence-corrected chi connectivity index (χ4v) is 2.03. The minimum absolute atomic E-state index is 0.360. The number of aryl methyl sites for hydroxylation is 1. The van der Waals surface area contributed by atoms with Gasteiger partial charge in [-0.05, 0) is 37.5 Å². The smallest absolute Gasteiger partial charge is 0.320 e. The molecule has 5 heteroatoms. The van der Waals surface area contributed by atoms with Crippen LogP contribution in [0, 0.1) is 6.92 Å². The second-order valence-electron chi connectivity index (χ2n) is 4.71. The van der Waals surface area contributed by atoms with E-state index in [1.54, 1.807) is 26.0 Å². The molecule has 0 aliphatic rings. The number of carboxylic acid groups (broad SMARTS) is 1. The third-order valence-corrected chi connectivity index (χ3v) is 3.59. The summed E-state index contributed by atoms with van der Waals surface area (Å²) in [6.07, 6.45) is -0.309. The van der Waals surface area contributed by atoms with Gasteiger partial charge in [-0.25, -0.2) is 0 Å². The molecule has 19 heavy (non-hydrogen) atoms. The quantitative estimate of drug-likeness (QED) is 0.751. The van der Waals surface area contributed by atoms with Crippen molar-refractivity contribution in [1.82, 2.24) is 5.32 Å². The molecular formula is C14H20ClNO3. The lowest BCUT2D eigenvalue weighted by atomic mass is 10.0. The first-order valence-corrected chi connectivity index (χ1v) is 6.67. The molecule has 0 heterocycles. The van der Waals surface area contributed by atoms with E-state index in [9.17, 15) is 9.90 Å². The third-order valence-electron chi connectivity index (χ3n) is 3.17. The molecule has 0 bridgehead atoms. The number of aliphatic hydroxyl groups excluding tert-OH is 1. The van der Waals surface area contributed by atoms with E-state index in [0.29, 0.717) is 11.4 Å². The normalized spacial score (nSPS) is 15.8. The van der Waals surface area contributed by atoms with Gasteiger partial charge in [0.2, 0.25) is 0 Å². The molecular weight excluding hydrogens is 266 g/mol. The first-order chi connectivity index (χ1) is 8.86. The number of nitrogens with one attached hydrogen (secondary N) is 1. The van der Waals surface area contributed by atoms with E-state index in [-0.39, 0.29) is 6.04 Å². The fraction of sp³-hybridized carbons (Fsp3) is 0.500. The van der Waals surface area contributed by atoms with Crippen LogP contribution in [0.1, 0.15) is 37.5 Å². The maximum atomic E-state index is 11.0. The van der Waals surface area contributed by atoms with Gasteiger partial charge in [-0.15, -0.1) is 0 Å². The Balaban J connectivity index is 2.78. The van der Waals surface area contributed by atoms with Crippen LogP contribution < -0.4 is 5.32 Å². The molecule has 0 radical (unpaired) electrons. The van der Waals surface area contributed by atoms with Crippen LogP contribution in [-0.2, 0) is 4.79 Å². The number of aliphatic carboxylic acids is 1. The highest BCUT2D eigenvalue weighted by Gasteiger charge is 2.23. The molecule has 3 unspecified atom stereocenters. The number of rotatable bonds is 6. The zero-order valence-electron chi connectivity index (χ0n) is 11.4. The third kappa shape index (κ3) is 4.20. The monoisotopic (exact) mass is 285 g/mol. The van der Waals surface area contributed by atoms with E-state index in [1.807, 2.05) is 13.0 Å². The summed E-state index contributed by atoms with van der Waals surface area (Å²) in [6, 6.07) is 4.28. The lowest BCUT2D eigenvalue weighted by Gasteiger charge is -2.24. The SMILES string of the molecule is CCC(NC(C)C(O)c1ccc(Cl)c(C)c1)C(=O)O. The summed E-state index contributed by atoms with van der Waals surface area (Å²) >= 11 is 5.94. The van der Waals surface area contributed by atoms with Gasteiger partial charge in [0, 0.05) is 11.1 Å². The van der Waals surface area contributed by atoms with Gasteiger partial charge < -0.3 is 10.2 Å². The molecule has 0 saturated carbocycles. The average molecular weight is 286 g/mol. The molecule has 1 rings (SSSR count). The van der Waals surface area contributed by atoms with Crippen molar-refractivity contribution < 1.29 is 15.0 Å². The van der Waals surface area contributed by atoms with E-state index in [0.717, 1.165) is 11.1 Å². The first-order valence-electron chi connectivity index (χ1n) is 6.29. The minimum atomic E-state index is -0.908. The molecule has 1 aromatic carbocycles. The molecule has 106 valence electrons. The molecule has 0 aliphatic carbocycles. The predicted octanol–water partition coefficient (Wildman–Crippen LogP) is 2.52. The van der Waals surface area contributed by atoms with E-state index in [1.165, 1.54) is 0 Å². The van der Waals surface area contributed by atoms with E-state index in [2.05, 4.69) is 5.32 Å². The van der Waals surface area contributed by atoms with Crippen LogP contribution in [0.15, 0.2) is 18.2 Å². The van der Waals surface area contributed by atoms with Crippen molar-refractivity contribution in [3.8, 4) is 0 Å². The molecule has 0 aromatic heterocycles. The van der Waals surface area contributed by atoms with Crippen molar-refractivity contribution >= 4 is 17.6 Å². The largest absolute Gasteiger partial charge is 0.480 e. The Kier molecular flexibility index (Phi) is 5.79. The van der Waals surface area contributed by atoms with E-state index < -0.39 is 18.1 Å². The number of carboxylic acids is 1. The summed E-state index contributed by atoms with van der Waals surface area (Å²) in [5.74, 6) is -0.908. The van der Waals surface area contributed by atoms with Gasteiger partial charge in [0.1, 0.15) is 6.04 Å². The van der Waals surface area contributed by atoms with Crippen LogP contribution in [0.25, 0.3) is 0 Å². The summed E-state index contributed by atoms with van der Waals surface area (Å²) in [5, 5.41) is 22.8. The molecule has 1 aromatic rings. The molecule has 0 fully saturated rings. The average Bonchev–Trinajstić information content (AvgIpc) is 2.37. The molecule has 3 atom stereocenters.